The van der Waals surface area contributed by atoms with Gasteiger partial charge in [-0.05, 0) is 49.2 Å². The second-order valence-corrected chi connectivity index (χ2v) is 9.91. The molecule has 36 heavy (non-hydrogen) atoms. The first-order valence-corrected chi connectivity index (χ1v) is 12.6. The van der Waals surface area contributed by atoms with Gasteiger partial charge in [0.15, 0.2) is 5.01 Å². The molecule has 9 nitrogen and oxygen atoms in total. The van der Waals surface area contributed by atoms with Gasteiger partial charge < -0.3 is 15.0 Å². The molecule has 0 bridgehead atoms. The number of fused-ring (bicyclic) bond motifs is 1. The maximum absolute atomic E-state index is 12.8. The van der Waals surface area contributed by atoms with Crippen molar-refractivity contribution in [2.45, 2.75) is 20.4 Å². The van der Waals surface area contributed by atoms with Gasteiger partial charge in [0.1, 0.15) is 5.75 Å². The molecule has 1 aliphatic rings. The molecule has 0 saturated carbocycles. The standard InChI is InChI=1S/C26H28N6O3S/c1-17-12-18(2)14-19(13-17)27-25(34)31-10-8-30(9-11-31)16-20-15-23(33)32-26(28-20)36-24(29-32)21-6-4-5-7-22(21)35-3/h4-7,12-15H,8-11,16H2,1-3H3,(H,27,34). The van der Waals surface area contributed by atoms with Crippen molar-refractivity contribution < 1.29 is 9.53 Å². The highest BCUT2D eigenvalue weighted by atomic mass is 32.1. The number of para-hydroxylation sites is 1. The van der Waals surface area contributed by atoms with Gasteiger partial charge >= 0.3 is 6.03 Å². The highest BCUT2D eigenvalue weighted by molar-refractivity contribution is 7.19. The minimum Gasteiger partial charge on any atom is -0.496 e. The minimum absolute atomic E-state index is 0.0917. The topological polar surface area (TPSA) is 92.1 Å². The number of anilines is 1. The summed E-state index contributed by atoms with van der Waals surface area (Å²) in [5.74, 6) is 0.698. The number of carbonyl (C=O) groups is 1. The number of carbonyl (C=O) groups excluding carboxylic acids is 1. The van der Waals surface area contributed by atoms with Crippen LogP contribution in [0.25, 0.3) is 15.5 Å². The highest BCUT2D eigenvalue weighted by Gasteiger charge is 2.22. The van der Waals surface area contributed by atoms with Gasteiger partial charge in [0, 0.05) is 44.5 Å². The monoisotopic (exact) mass is 504 g/mol. The van der Waals surface area contributed by atoms with Crippen LogP contribution in [0.3, 0.4) is 0 Å². The third kappa shape index (κ3) is 5.09. The van der Waals surface area contributed by atoms with Gasteiger partial charge in [0.25, 0.3) is 5.56 Å². The van der Waals surface area contributed by atoms with E-state index in [2.05, 4.69) is 21.4 Å². The maximum atomic E-state index is 12.8. The van der Waals surface area contributed by atoms with Crippen molar-refractivity contribution in [3.8, 4) is 16.3 Å². The van der Waals surface area contributed by atoms with Gasteiger partial charge in [0.05, 0.1) is 18.4 Å². The van der Waals surface area contributed by atoms with Crippen molar-refractivity contribution in [2.24, 2.45) is 0 Å². The molecule has 0 spiro atoms. The van der Waals surface area contributed by atoms with Crippen LogP contribution in [0.15, 0.2) is 53.3 Å². The van der Waals surface area contributed by atoms with E-state index in [0.29, 0.717) is 54.1 Å². The van der Waals surface area contributed by atoms with Gasteiger partial charge in [-0.25, -0.2) is 9.78 Å². The number of hydrogen-bond acceptors (Lipinski definition) is 7. The number of rotatable bonds is 5. The van der Waals surface area contributed by atoms with Crippen molar-refractivity contribution in [3.63, 3.8) is 0 Å². The van der Waals surface area contributed by atoms with Crippen LogP contribution in [-0.4, -0.2) is 63.7 Å². The number of methoxy groups -OCH3 is 1. The van der Waals surface area contributed by atoms with Crippen LogP contribution in [0.1, 0.15) is 16.8 Å². The van der Waals surface area contributed by atoms with E-state index in [1.807, 2.05) is 55.1 Å². The van der Waals surface area contributed by atoms with Crippen LogP contribution in [-0.2, 0) is 6.54 Å². The first-order chi connectivity index (χ1) is 17.4. The number of aromatic nitrogens is 3. The molecule has 186 valence electrons. The molecule has 0 unspecified atom stereocenters. The molecule has 1 fully saturated rings. The minimum atomic E-state index is -0.209. The van der Waals surface area contributed by atoms with Crippen molar-refractivity contribution in [2.75, 3.05) is 38.6 Å². The van der Waals surface area contributed by atoms with E-state index in [1.54, 1.807) is 7.11 Å². The van der Waals surface area contributed by atoms with E-state index in [4.69, 9.17) is 9.72 Å². The Kier molecular flexibility index (Phi) is 6.71. The van der Waals surface area contributed by atoms with Crippen molar-refractivity contribution in [1.29, 1.82) is 0 Å². The Morgan fingerprint density at radius 1 is 1.06 bits per heavy atom. The Balaban J connectivity index is 1.24. The molecular formula is C26H28N6O3S. The summed E-state index contributed by atoms with van der Waals surface area (Å²) >= 11 is 1.36. The Hall–Kier alpha value is -3.76. The lowest BCUT2D eigenvalue weighted by Gasteiger charge is -2.34. The zero-order valence-electron chi connectivity index (χ0n) is 20.5. The first-order valence-electron chi connectivity index (χ1n) is 11.8. The van der Waals surface area contributed by atoms with E-state index in [9.17, 15) is 9.59 Å². The quantitative estimate of drug-likeness (QED) is 0.445. The summed E-state index contributed by atoms with van der Waals surface area (Å²) < 4.78 is 6.78. The first kappa shape index (κ1) is 24.0. The van der Waals surface area contributed by atoms with E-state index >= 15 is 0 Å². The van der Waals surface area contributed by atoms with E-state index in [1.165, 1.54) is 21.9 Å². The molecule has 3 heterocycles. The predicted octanol–water partition coefficient (Wildman–Crippen LogP) is 3.79. The summed E-state index contributed by atoms with van der Waals surface area (Å²) in [6.45, 7) is 7.20. The lowest BCUT2D eigenvalue weighted by molar-refractivity contribution is 0.142. The summed E-state index contributed by atoms with van der Waals surface area (Å²) in [6, 6.07) is 15.1. The summed E-state index contributed by atoms with van der Waals surface area (Å²) in [6.07, 6.45) is 0. The second-order valence-electron chi connectivity index (χ2n) is 8.96. The highest BCUT2D eigenvalue weighted by Crippen LogP contribution is 2.32. The largest absolute Gasteiger partial charge is 0.496 e. The molecule has 1 N–H and O–H groups in total. The van der Waals surface area contributed by atoms with Gasteiger partial charge in [-0.15, -0.1) is 0 Å². The van der Waals surface area contributed by atoms with Gasteiger partial charge in [-0.3, -0.25) is 9.69 Å². The fourth-order valence-electron chi connectivity index (χ4n) is 4.45. The fourth-order valence-corrected chi connectivity index (χ4v) is 5.41. The third-order valence-electron chi connectivity index (χ3n) is 6.15. The Labute approximate surface area is 213 Å². The Bertz CT molecular complexity index is 1450. The van der Waals surface area contributed by atoms with Crippen LogP contribution in [0.2, 0.25) is 0 Å². The SMILES string of the molecule is COc1ccccc1-c1nn2c(=O)cc(CN3CCN(C(=O)Nc4cc(C)cc(C)c4)CC3)nc2s1. The molecule has 5 rings (SSSR count). The lowest BCUT2D eigenvalue weighted by Crippen LogP contribution is -2.49. The predicted molar refractivity (Wildman–Crippen MR) is 141 cm³/mol. The number of hydrogen-bond donors (Lipinski definition) is 1. The molecule has 2 aromatic carbocycles. The average Bonchev–Trinajstić information content (AvgIpc) is 3.28. The van der Waals surface area contributed by atoms with Crippen LogP contribution in [0.4, 0.5) is 10.5 Å². The Morgan fingerprint density at radius 2 is 1.78 bits per heavy atom. The van der Waals surface area contributed by atoms with Crippen LogP contribution in [0, 0.1) is 13.8 Å². The molecule has 10 heteroatoms. The van der Waals surface area contributed by atoms with E-state index < -0.39 is 0 Å². The third-order valence-corrected chi connectivity index (χ3v) is 7.10. The normalized spacial score (nSPS) is 14.2. The van der Waals surface area contributed by atoms with Crippen molar-refractivity contribution in [3.05, 3.63) is 75.7 Å². The molecule has 4 aromatic rings. The molecular weight excluding hydrogens is 476 g/mol. The number of ether oxygens (including phenoxy) is 1. The van der Waals surface area contributed by atoms with Crippen molar-refractivity contribution >= 4 is 28.0 Å². The molecule has 2 amide bonds. The van der Waals surface area contributed by atoms with Gasteiger partial charge in [0.2, 0.25) is 4.96 Å². The van der Waals surface area contributed by atoms with Crippen LogP contribution >= 0.6 is 11.3 Å². The summed E-state index contributed by atoms with van der Waals surface area (Å²) in [5, 5.41) is 8.15. The molecule has 1 saturated heterocycles. The van der Waals surface area contributed by atoms with Crippen molar-refractivity contribution in [1.82, 2.24) is 24.4 Å². The zero-order chi connectivity index (χ0) is 25.2. The number of piperazine rings is 1. The van der Waals surface area contributed by atoms with E-state index in [-0.39, 0.29) is 11.6 Å². The molecule has 0 radical (unpaired) electrons. The summed E-state index contributed by atoms with van der Waals surface area (Å²) in [4.78, 5) is 34.8. The molecule has 0 aliphatic carbocycles. The number of nitrogens with one attached hydrogen (secondary N) is 1. The average molecular weight is 505 g/mol. The molecule has 1 aliphatic heterocycles. The number of urea groups is 1. The maximum Gasteiger partial charge on any atom is 0.321 e. The number of benzene rings is 2. The summed E-state index contributed by atoms with van der Waals surface area (Å²) in [5.41, 5.74) is 4.36. The smallest absolute Gasteiger partial charge is 0.321 e. The lowest BCUT2D eigenvalue weighted by atomic mass is 10.1. The van der Waals surface area contributed by atoms with Crippen LogP contribution < -0.4 is 15.6 Å². The number of amides is 2. The van der Waals surface area contributed by atoms with Gasteiger partial charge in [-0.2, -0.15) is 9.61 Å². The number of aryl methyl sites for hydroxylation is 2. The second kappa shape index (κ2) is 10.1. The zero-order valence-corrected chi connectivity index (χ0v) is 21.3. The van der Waals surface area contributed by atoms with E-state index in [0.717, 1.165) is 22.4 Å². The molecule has 0 atom stereocenters. The molecule has 2 aromatic heterocycles. The summed E-state index contributed by atoms with van der Waals surface area (Å²) in [7, 11) is 1.61. The fraction of sp³-hybridized carbons (Fsp3) is 0.308. The van der Waals surface area contributed by atoms with Gasteiger partial charge in [-0.1, -0.05) is 29.5 Å². The Morgan fingerprint density at radius 3 is 2.50 bits per heavy atom. The van der Waals surface area contributed by atoms with Crippen LogP contribution in [0.5, 0.6) is 5.75 Å². The number of nitrogens with zero attached hydrogens (tertiary/aromatic N) is 5.